The molecule has 0 unspecified atom stereocenters. The molecule has 0 radical (unpaired) electrons. The molecular formula is C14H13N5O2S. The average molecular weight is 315 g/mol. The number of fused-ring (bicyclic) bond motifs is 1. The van der Waals surface area contributed by atoms with Gasteiger partial charge in [-0.3, -0.25) is 0 Å². The fraction of sp³-hybridized carbons (Fsp3) is 0.286. The second-order valence-corrected chi connectivity index (χ2v) is 5.97. The highest BCUT2D eigenvalue weighted by molar-refractivity contribution is 7.08. The summed E-state index contributed by atoms with van der Waals surface area (Å²) in [7, 11) is 0. The van der Waals surface area contributed by atoms with E-state index in [2.05, 4.69) is 15.3 Å². The van der Waals surface area contributed by atoms with Crippen LogP contribution in [0.3, 0.4) is 0 Å². The number of carbonyl (C=O) groups is 1. The number of carboxylic acids is 1. The van der Waals surface area contributed by atoms with Crippen LogP contribution in [-0.2, 0) is 4.79 Å². The Morgan fingerprint density at radius 1 is 1.32 bits per heavy atom. The van der Waals surface area contributed by atoms with E-state index in [1.54, 1.807) is 15.9 Å². The van der Waals surface area contributed by atoms with Gasteiger partial charge in [0.05, 0.1) is 0 Å². The molecule has 7 nitrogen and oxygen atoms in total. The second-order valence-electron chi connectivity index (χ2n) is 5.19. The molecule has 22 heavy (non-hydrogen) atoms. The van der Waals surface area contributed by atoms with E-state index in [0.29, 0.717) is 30.3 Å². The molecule has 1 N–H and O–H groups in total. The zero-order valence-corrected chi connectivity index (χ0v) is 12.4. The van der Waals surface area contributed by atoms with Gasteiger partial charge in [-0.25, -0.2) is 4.79 Å². The quantitative estimate of drug-likeness (QED) is 0.795. The number of rotatable bonds is 3. The van der Waals surface area contributed by atoms with Crippen molar-refractivity contribution in [3.63, 3.8) is 0 Å². The van der Waals surface area contributed by atoms with Crippen LogP contribution in [-0.4, -0.2) is 43.5 Å². The van der Waals surface area contributed by atoms with Crippen molar-refractivity contribution in [2.24, 2.45) is 0 Å². The van der Waals surface area contributed by atoms with Crippen molar-refractivity contribution in [2.45, 2.75) is 18.9 Å². The lowest BCUT2D eigenvalue weighted by atomic mass is 10.2. The van der Waals surface area contributed by atoms with E-state index in [0.717, 1.165) is 12.0 Å². The molecule has 3 aromatic rings. The highest BCUT2D eigenvalue weighted by Crippen LogP contribution is 2.26. The zero-order chi connectivity index (χ0) is 15.1. The lowest BCUT2D eigenvalue weighted by Gasteiger charge is -2.22. The summed E-state index contributed by atoms with van der Waals surface area (Å²) in [6.07, 6.45) is 1.50. The minimum atomic E-state index is -0.804. The first-order chi connectivity index (χ1) is 10.7. The Morgan fingerprint density at radius 2 is 2.23 bits per heavy atom. The maximum Gasteiger partial charge on any atom is 0.326 e. The number of nitrogens with zero attached hydrogens (tertiary/aromatic N) is 5. The molecular weight excluding hydrogens is 302 g/mol. The third kappa shape index (κ3) is 2.03. The Balaban J connectivity index is 1.80. The van der Waals surface area contributed by atoms with Gasteiger partial charge in [0, 0.05) is 17.5 Å². The van der Waals surface area contributed by atoms with Gasteiger partial charge in [-0.15, -0.1) is 15.3 Å². The van der Waals surface area contributed by atoms with Crippen molar-refractivity contribution < 1.29 is 9.90 Å². The molecule has 0 aliphatic carbocycles. The van der Waals surface area contributed by atoms with Crippen LogP contribution in [0.25, 0.3) is 17.0 Å². The molecule has 112 valence electrons. The maximum absolute atomic E-state index is 11.4. The highest BCUT2D eigenvalue weighted by Gasteiger charge is 2.31. The maximum atomic E-state index is 11.4. The van der Waals surface area contributed by atoms with Crippen LogP contribution in [0.5, 0.6) is 0 Å². The van der Waals surface area contributed by atoms with Gasteiger partial charge < -0.3 is 10.0 Å². The van der Waals surface area contributed by atoms with Gasteiger partial charge in [-0.2, -0.15) is 15.9 Å². The van der Waals surface area contributed by atoms with Gasteiger partial charge in [-0.1, -0.05) is 0 Å². The number of aliphatic carboxylic acids is 1. The Kier molecular flexibility index (Phi) is 3.04. The average Bonchev–Trinajstić information content (AvgIpc) is 3.25. The molecule has 1 aliphatic rings. The third-order valence-electron chi connectivity index (χ3n) is 3.86. The fourth-order valence-corrected chi connectivity index (χ4v) is 3.44. The van der Waals surface area contributed by atoms with Gasteiger partial charge in [0.1, 0.15) is 11.9 Å². The Bertz CT molecular complexity index is 829. The van der Waals surface area contributed by atoms with Crippen LogP contribution in [0.15, 0.2) is 29.0 Å². The number of aromatic nitrogens is 4. The molecule has 0 amide bonds. The lowest BCUT2D eigenvalue weighted by molar-refractivity contribution is -0.138. The zero-order valence-electron chi connectivity index (χ0n) is 11.6. The van der Waals surface area contributed by atoms with Crippen molar-refractivity contribution in [1.82, 2.24) is 19.8 Å². The van der Waals surface area contributed by atoms with Gasteiger partial charge in [0.2, 0.25) is 0 Å². The standard InChI is InChI=1S/C14H13N5O2S/c20-14(21)10-2-1-6-18(10)12-4-3-11-15-16-13(19(11)17-12)9-5-7-22-8-9/h3-5,7-8,10H,1-2,6H2,(H,20,21)/t10-/m0/s1. The van der Waals surface area contributed by atoms with Gasteiger partial charge in [0.15, 0.2) is 11.5 Å². The van der Waals surface area contributed by atoms with E-state index < -0.39 is 12.0 Å². The van der Waals surface area contributed by atoms with Crippen LogP contribution in [0.2, 0.25) is 0 Å². The van der Waals surface area contributed by atoms with E-state index >= 15 is 0 Å². The van der Waals surface area contributed by atoms with Gasteiger partial charge in [0.25, 0.3) is 0 Å². The van der Waals surface area contributed by atoms with Gasteiger partial charge in [-0.05, 0) is 36.4 Å². The normalized spacial score (nSPS) is 18.2. The predicted molar refractivity (Wildman–Crippen MR) is 82.1 cm³/mol. The van der Waals surface area contributed by atoms with E-state index in [4.69, 9.17) is 0 Å². The Labute approximate surface area is 129 Å². The minimum Gasteiger partial charge on any atom is -0.480 e. The molecule has 1 atom stereocenters. The molecule has 0 spiro atoms. The van der Waals surface area contributed by atoms with Crippen molar-refractivity contribution >= 4 is 28.8 Å². The van der Waals surface area contributed by atoms with E-state index in [9.17, 15) is 9.90 Å². The SMILES string of the molecule is O=C(O)[C@@H]1CCCN1c1ccc2nnc(-c3ccsc3)n2n1. The summed E-state index contributed by atoms with van der Waals surface area (Å²) in [6, 6.07) is 5.09. The Morgan fingerprint density at radius 3 is 3.00 bits per heavy atom. The summed E-state index contributed by atoms with van der Waals surface area (Å²) in [5, 5.41) is 26.1. The molecule has 8 heteroatoms. The number of anilines is 1. The molecule has 0 bridgehead atoms. The molecule has 1 aliphatic heterocycles. The smallest absolute Gasteiger partial charge is 0.326 e. The topological polar surface area (TPSA) is 83.6 Å². The number of carboxylic acid groups (broad SMARTS) is 1. The number of hydrogen-bond donors (Lipinski definition) is 1. The van der Waals surface area contributed by atoms with Crippen LogP contribution in [0, 0.1) is 0 Å². The second kappa shape index (κ2) is 5.06. The molecule has 4 heterocycles. The number of hydrogen-bond acceptors (Lipinski definition) is 6. The monoisotopic (exact) mass is 315 g/mol. The number of thiophene rings is 1. The van der Waals surface area contributed by atoms with Crippen molar-refractivity contribution in [3.8, 4) is 11.4 Å². The summed E-state index contributed by atoms with van der Waals surface area (Å²) in [6.45, 7) is 0.700. The van der Waals surface area contributed by atoms with Crippen LogP contribution >= 0.6 is 11.3 Å². The first-order valence-electron chi connectivity index (χ1n) is 6.98. The summed E-state index contributed by atoms with van der Waals surface area (Å²) in [5.74, 6) is 0.513. The van der Waals surface area contributed by atoms with E-state index in [1.165, 1.54) is 0 Å². The summed E-state index contributed by atoms with van der Waals surface area (Å²) < 4.78 is 1.68. The molecule has 3 aromatic heterocycles. The summed E-state index contributed by atoms with van der Waals surface area (Å²) in [5.41, 5.74) is 1.61. The summed E-state index contributed by atoms with van der Waals surface area (Å²) >= 11 is 1.58. The Hall–Kier alpha value is -2.48. The van der Waals surface area contributed by atoms with Crippen molar-refractivity contribution in [1.29, 1.82) is 0 Å². The first-order valence-corrected chi connectivity index (χ1v) is 7.93. The minimum absolute atomic E-state index is 0.508. The van der Waals surface area contributed by atoms with Crippen molar-refractivity contribution in [3.05, 3.63) is 29.0 Å². The summed E-state index contributed by atoms with van der Waals surface area (Å²) in [4.78, 5) is 13.2. The molecule has 1 saturated heterocycles. The lowest BCUT2D eigenvalue weighted by Crippen LogP contribution is -2.36. The molecule has 4 rings (SSSR count). The molecule has 0 aromatic carbocycles. The predicted octanol–water partition coefficient (Wildman–Crippen LogP) is 1.91. The van der Waals surface area contributed by atoms with Crippen molar-refractivity contribution in [2.75, 3.05) is 11.4 Å². The van der Waals surface area contributed by atoms with Crippen LogP contribution < -0.4 is 4.90 Å². The fourth-order valence-electron chi connectivity index (χ4n) is 2.80. The highest BCUT2D eigenvalue weighted by atomic mass is 32.1. The largest absolute Gasteiger partial charge is 0.480 e. The van der Waals surface area contributed by atoms with E-state index in [-0.39, 0.29) is 0 Å². The van der Waals surface area contributed by atoms with Crippen LogP contribution in [0.1, 0.15) is 12.8 Å². The third-order valence-corrected chi connectivity index (χ3v) is 4.54. The molecule has 0 saturated carbocycles. The van der Waals surface area contributed by atoms with Crippen LogP contribution in [0.4, 0.5) is 5.82 Å². The van der Waals surface area contributed by atoms with E-state index in [1.807, 2.05) is 33.9 Å². The first kappa shape index (κ1) is 13.2. The molecule has 1 fully saturated rings. The van der Waals surface area contributed by atoms with Gasteiger partial charge >= 0.3 is 5.97 Å².